The van der Waals surface area contributed by atoms with Crippen molar-refractivity contribution in [3.8, 4) is 5.75 Å². The molecule has 0 radical (unpaired) electrons. The number of hydrogen-bond donors (Lipinski definition) is 3. The molecular weight excluding hydrogens is 566 g/mol. The van der Waals surface area contributed by atoms with Crippen molar-refractivity contribution in [3.05, 3.63) is 54.6 Å². The highest BCUT2D eigenvalue weighted by Crippen LogP contribution is 2.60. The molecule has 8 atom stereocenters. The largest absolute Gasteiger partial charge is 0.497 e. The maximum Gasteiger partial charge on any atom is 0.250 e. The summed E-state index contributed by atoms with van der Waals surface area (Å²) in [5.74, 6) is -2.16. The Hall–Kier alpha value is -2.95. The molecule has 10 heteroatoms. The number of aliphatic hydroxyl groups excluding tert-OH is 1. The Morgan fingerprint density at radius 3 is 2.38 bits per heavy atom. The molecule has 3 amide bonds. The lowest BCUT2D eigenvalue weighted by molar-refractivity contribution is -0.144. The van der Waals surface area contributed by atoms with Crippen LogP contribution in [0.1, 0.15) is 26.7 Å². The lowest BCUT2D eigenvalue weighted by atomic mass is 9.70. The second-order valence-corrected chi connectivity index (χ2v) is 11.8. The number of para-hydroxylation sites is 1. The second-order valence-electron chi connectivity index (χ2n) is 10.6. The minimum Gasteiger partial charge on any atom is -0.497 e. The Balaban J connectivity index is 1.53. The summed E-state index contributed by atoms with van der Waals surface area (Å²) < 4.78 is 11.8. The number of rotatable bonds is 9. The maximum atomic E-state index is 14.3. The topological polar surface area (TPSA) is 117 Å². The summed E-state index contributed by atoms with van der Waals surface area (Å²) >= 11 is 3.69. The predicted octanol–water partition coefficient (Wildman–Crippen LogP) is 3.43. The Bertz CT molecular complexity index is 1230. The lowest BCUT2D eigenvalue weighted by Gasteiger charge is -2.38. The van der Waals surface area contributed by atoms with E-state index in [2.05, 4.69) is 26.6 Å². The van der Waals surface area contributed by atoms with Crippen molar-refractivity contribution in [1.82, 2.24) is 4.90 Å². The van der Waals surface area contributed by atoms with E-state index in [1.54, 1.807) is 43.5 Å². The zero-order valence-electron chi connectivity index (χ0n) is 22.2. The van der Waals surface area contributed by atoms with Crippen molar-refractivity contribution in [1.29, 1.82) is 0 Å². The summed E-state index contributed by atoms with van der Waals surface area (Å²) in [4.78, 5) is 43.2. The number of methoxy groups -OCH3 is 1. The average molecular weight is 601 g/mol. The molecule has 0 aromatic heterocycles. The number of fused-ring (bicyclic) bond motifs is 1. The van der Waals surface area contributed by atoms with Gasteiger partial charge in [0.05, 0.1) is 37.7 Å². The number of carbonyl (C=O) groups excluding carboxylic acids is 3. The van der Waals surface area contributed by atoms with Crippen LogP contribution in [0.4, 0.5) is 11.4 Å². The van der Waals surface area contributed by atoms with Crippen molar-refractivity contribution < 1.29 is 29.0 Å². The van der Waals surface area contributed by atoms with Crippen molar-refractivity contribution in [3.63, 3.8) is 0 Å². The van der Waals surface area contributed by atoms with Gasteiger partial charge in [-0.3, -0.25) is 14.4 Å². The first-order valence-corrected chi connectivity index (χ1v) is 14.2. The zero-order valence-corrected chi connectivity index (χ0v) is 23.8. The van der Waals surface area contributed by atoms with Crippen LogP contribution in [0, 0.1) is 17.8 Å². The van der Waals surface area contributed by atoms with Gasteiger partial charge in [0.2, 0.25) is 17.7 Å². The Morgan fingerprint density at radius 2 is 1.77 bits per heavy atom. The van der Waals surface area contributed by atoms with Gasteiger partial charge in [-0.05, 0) is 48.7 Å². The van der Waals surface area contributed by atoms with E-state index in [4.69, 9.17) is 9.47 Å². The molecular formula is C29H34BrN3O6. The smallest absolute Gasteiger partial charge is 0.250 e. The van der Waals surface area contributed by atoms with Crippen LogP contribution >= 0.6 is 15.9 Å². The highest BCUT2D eigenvalue weighted by molar-refractivity contribution is 9.09. The fourth-order valence-corrected chi connectivity index (χ4v) is 7.41. The summed E-state index contributed by atoms with van der Waals surface area (Å²) in [6.07, 6.45) is 0.512. The van der Waals surface area contributed by atoms with E-state index in [-0.39, 0.29) is 29.2 Å². The van der Waals surface area contributed by atoms with Crippen LogP contribution in [-0.4, -0.2) is 70.1 Å². The highest BCUT2D eigenvalue weighted by atomic mass is 79.9. The van der Waals surface area contributed by atoms with E-state index in [9.17, 15) is 19.5 Å². The highest BCUT2D eigenvalue weighted by Gasteiger charge is 2.77. The van der Waals surface area contributed by atoms with Gasteiger partial charge in [-0.25, -0.2) is 0 Å². The first-order valence-electron chi connectivity index (χ1n) is 13.3. The Morgan fingerprint density at radius 1 is 1.13 bits per heavy atom. The van der Waals surface area contributed by atoms with Gasteiger partial charge in [0.25, 0.3) is 0 Å². The molecule has 3 unspecified atom stereocenters. The van der Waals surface area contributed by atoms with Gasteiger partial charge in [0.15, 0.2) is 0 Å². The normalized spacial score (nSPS) is 30.5. The summed E-state index contributed by atoms with van der Waals surface area (Å²) in [5, 5.41) is 16.3. The molecule has 9 nitrogen and oxygen atoms in total. The first-order chi connectivity index (χ1) is 18.7. The third-order valence-electron chi connectivity index (χ3n) is 8.52. The van der Waals surface area contributed by atoms with Gasteiger partial charge < -0.3 is 30.1 Å². The summed E-state index contributed by atoms with van der Waals surface area (Å²) in [6.45, 7) is 3.62. The Kier molecular flexibility index (Phi) is 7.72. The minimum absolute atomic E-state index is 0.0842. The molecule has 2 bridgehead atoms. The number of alkyl halides is 1. The van der Waals surface area contributed by atoms with Gasteiger partial charge in [-0.15, -0.1) is 0 Å². The van der Waals surface area contributed by atoms with Crippen LogP contribution in [0.3, 0.4) is 0 Å². The first kappa shape index (κ1) is 27.6. The third kappa shape index (κ3) is 4.62. The molecule has 0 aliphatic carbocycles. The zero-order chi connectivity index (χ0) is 27.9. The molecule has 1 spiro atoms. The maximum absolute atomic E-state index is 14.3. The van der Waals surface area contributed by atoms with Gasteiger partial charge >= 0.3 is 0 Å². The van der Waals surface area contributed by atoms with Gasteiger partial charge in [0, 0.05) is 16.2 Å². The molecule has 208 valence electrons. The molecule has 3 saturated heterocycles. The van der Waals surface area contributed by atoms with Crippen LogP contribution in [0.2, 0.25) is 0 Å². The summed E-state index contributed by atoms with van der Waals surface area (Å²) in [7, 11) is 1.56. The van der Waals surface area contributed by atoms with Gasteiger partial charge in [-0.2, -0.15) is 0 Å². The number of amides is 3. The van der Waals surface area contributed by atoms with Crippen LogP contribution in [0.5, 0.6) is 5.75 Å². The van der Waals surface area contributed by atoms with Crippen molar-refractivity contribution in [2.24, 2.45) is 17.8 Å². The van der Waals surface area contributed by atoms with Crippen LogP contribution < -0.4 is 15.4 Å². The number of aliphatic hydroxyl groups is 1. The molecule has 2 aromatic carbocycles. The number of likely N-dealkylation sites (tertiary alicyclic amines) is 1. The molecule has 39 heavy (non-hydrogen) atoms. The number of carbonyl (C=O) groups is 3. The fraction of sp³-hybridized carbons (Fsp3) is 0.483. The number of nitrogens with one attached hydrogen (secondary N) is 2. The van der Waals surface area contributed by atoms with Gasteiger partial charge in [-0.1, -0.05) is 54.4 Å². The molecule has 3 aliphatic rings. The van der Waals surface area contributed by atoms with Crippen LogP contribution in [0.15, 0.2) is 54.6 Å². The number of ether oxygens (including phenoxy) is 2. The third-order valence-corrected chi connectivity index (χ3v) is 9.37. The van der Waals surface area contributed by atoms with Crippen molar-refractivity contribution in [2.75, 3.05) is 24.4 Å². The molecule has 3 N–H and O–H groups in total. The molecule has 2 aromatic rings. The molecule has 3 fully saturated rings. The predicted molar refractivity (Wildman–Crippen MR) is 150 cm³/mol. The molecule has 0 saturated carbocycles. The van der Waals surface area contributed by atoms with Crippen LogP contribution in [-0.2, 0) is 19.1 Å². The Labute approximate surface area is 236 Å². The average Bonchev–Trinajstić information content (AvgIpc) is 3.53. The second kappa shape index (κ2) is 10.9. The molecule has 5 rings (SSSR count). The summed E-state index contributed by atoms with van der Waals surface area (Å²) in [6, 6.07) is 14.4. The van der Waals surface area contributed by atoms with E-state index in [1.165, 1.54) is 4.90 Å². The van der Waals surface area contributed by atoms with Gasteiger partial charge in [0.1, 0.15) is 17.4 Å². The fourth-order valence-electron chi connectivity index (χ4n) is 6.47. The number of anilines is 2. The standard InChI is InChI=1S/C29H34BrN3O6/c1-4-16(2)21(15-34)33-25(27(36)32-18-10-12-19(38-3)13-11-18)29-14-20(30)24(39-29)22(23(29)28(33)37)26(35)31-17-8-6-5-7-9-17/h5-13,16,20-25,34H,4,14-15H2,1-3H3,(H,31,35)(H,32,36)/t16-,20?,21-,22-,23-,24-,25?,29?/m0/s1. The SMILES string of the molecule is CC[C@H](C)[C@H](CO)N1C(=O)[C@@H]2[C@H](C(=O)Nc3ccccc3)[C@H]3OC2(CC3Br)C1C(=O)Nc1ccc(OC)cc1. The molecule has 3 heterocycles. The van der Waals surface area contributed by atoms with E-state index < -0.39 is 41.5 Å². The van der Waals surface area contributed by atoms with E-state index in [0.29, 0.717) is 30.0 Å². The number of nitrogens with zero attached hydrogens (tertiary/aromatic N) is 1. The monoisotopic (exact) mass is 599 g/mol. The molecule has 3 aliphatic heterocycles. The number of halogens is 1. The summed E-state index contributed by atoms with van der Waals surface area (Å²) in [5.41, 5.74) is -0.0562. The van der Waals surface area contributed by atoms with E-state index in [1.807, 2.05) is 32.0 Å². The number of benzene rings is 2. The van der Waals surface area contributed by atoms with E-state index in [0.717, 1.165) is 0 Å². The minimum atomic E-state index is -1.22. The van der Waals surface area contributed by atoms with Crippen LogP contribution in [0.25, 0.3) is 0 Å². The number of hydrogen-bond acceptors (Lipinski definition) is 6. The van der Waals surface area contributed by atoms with E-state index >= 15 is 0 Å². The van der Waals surface area contributed by atoms with Crippen molar-refractivity contribution >= 4 is 45.0 Å². The lowest BCUT2D eigenvalue weighted by Crippen LogP contribution is -2.57. The van der Waals surface area contributed by atoms with Crippen molar-refractivity contribution in [2.45, 2.75) is 55.3 Å². The quantitative estimate of drug-likeness (QED) is 0.380.